The number of hydrogen-bond donors (Lipinski definition) is 1. The number of nitrogens with one attached hydrogen (secondary N) is 1. The molecular formula is C26H35N3O5. The van der Waals surface area contributed by atoms with Gasteiger partial charge in [-0.2, -0.15) is 0 Å². The lowest BCUT2D eigenvalue weighted by Crippen LogP contribution is -2.50. The molecule has 34 heavy (non-hydrogen) atoms. The van der Waals surface area contributed by atoms with Crippen LogP contribution in [0.25, 0.3) is 0 Å². The van der Waals surface area contributed by atoms with Crippen LogP contribution in [0.4, 0.5) is 4.79 Å². The van der Waals surface area contributed by atoms with Crippen molar-refractivity contribution in [1.29, 1.82) is 0 Å². The van der Waals surface area contributed by atoms with Gasteiger partial charge < -0.3 is 19.7 Å². The van der Waals surface area contributed by atoms with Crippen LogP contribution in [-0.4, -0.2) is 58.7 Å². The van der Waals surface area contributed by atoms with Gasteiger partial charge in [-0.25, -0.2) is 4.79 Å². The van der Waals surface area contributed by atoms with Crippen molar-refractivity contribution in [2.24, 2.45) is 0 Å². The Bertz CT molecular complexity index is 933. The SMILES string of the molecule is CCCC[C@@H]1NC(=O)CCCCCc2cccc3c2CN(C3)C(=O)O[C@@H]2C[C@@H](C=O)N(C2)C1=O. The van der Waals surface area contributed by atoms with Gasteiger partial charge in [0.05, 0.1) is 12.6 Å². The largest absolute Gasteiger partial charge is 0.444 e. The number of rotatable bonds is 4. The van der Waals surface area contributed by atoms with E-state index >= 15 is 0 Å². The third-order valence-electron chi connectivity index (χ3n) is 7.18. The van der Waals surface area contributed by atoms with Gasteiger partial charge in [-0.3, -0.25) is 14.5 Å². The molecule has 1 aromatic carbocycles. The molecule has 3 atom stereocenters. The summed E-state index contributed by atoms with van der Waals surface area (Å²) in [6, 6.07) is 4.88. The summed E-state index contributed by atoms with van der Waals surface area (Å²) in [6.07, 6.45) is 6.21. The highest BCUT2D eigenvalue weighted by Gasteiger charge is 2.40. The number of carbonyl (C=O) groups excluding carboxylic acids is 4. The number of aldehydes is 1. The summed E-state index contributed by atoms with van der Waals surface area (Å²) in [5, 5.41) is 2.91. The smallest absolute Gasteiger partial charge is 0.410 e. The number of aryl methyl sites for hydroxylation is 1. The van der Waals surface area contributed by atoms with Crippen LogP contribution in [0.2, 0.25) is 0 Å². The maximum atomic E-state index is 13.3. The third-order valence-corrected chi connectivity index (χ3v) is 7.18. The first-order valence-electron chi connectivity index (χ1n) is 12.6. The molecule has 3 aliphatic heterocycles. The van der Waals surface area contributed by atoms with E-state index in [9.17, 15) is 19.2 Å². The van der Waals surface area contributed by atoms with Crippen molar-refractivity contribution in [2.75, 3.05) is 6.54 Å². The highest BCUT2D eigenvalue weighted by Crippen LogP contribution is 2.29. The number of nitrogens with zero attached hydrogens (tertiary/aromatic N) is 2. The fourth-order valence-electron chi connectivity index (χ4n) is 5.28. The normalized spacial score (nSPS) is 26.0. The van der Waals surface area contributed by atoms with Crippen LogP contribution in [0.15, 0.2) is 18.2 Å². The van der Waals surface area contributed by atoms with Gasteiger partial charge in [0.25, 0.3) is 0 Å². The molecule has 0 saturated carbocycles. The number of fused-ring (bicyclic) bond motifs is 3. The Labute approximate surface area is 201 Å². The summed E-state index contributed by atoms with van der Waals surface area (Å²) in [7, 11) is 0. The van der Waals surface area contributed by atoms with Crippen LogP contribution in [0.5, 0.6) is 0 Å². The first-order chi connectivity index (χ1) is 16.5. The van der Waals surface area contributed by atoms with Gasteiger partial charge in [-0.05, 0) is 42.4 Å². The van der Waals surface area contributed by atoms with Crippen molar-refractivity contribution < 1.29 is 23.9 Å². The zero-order valence-corrected chi connectivity index (χ0v) is 20.0. The number of amides is 3. The van der Waals surface area contributed by atoms with E-state index in [-0.39, 0.29) is 24.8 Å². The van der Waals surface area contributed by atoms with E-state index in [1.165, 1.54) is 16.0 Å². The molecule has 8 nitrogen and oxygen atoms in total. The molecule has 4 rings (SSSR count). The fraction of sp³-hybridized carbons (Fsp3) is 0.615. The Hall–Kier alpha value is -2.90. The van der Waals surface area contributed by atoms with Crippen LogP contribution in [0, 0.1) is 0 Å². The molecule has 0 radical (unpaired) electrons. The highest BCUT2D eigenvalue weighted by atomic mass is 16.6. The van der Waals surface area contributed by atoms with Gasteiger partial charge in [0.15, 0.2) is 0 Å². The lowest BCUT2D eigenvalue weighted by Gasteiger charge is -2.27. The molecule has 1 fully saturated rings. The first-order valence-corrected chi connectivity index (χ1v) is 12.6. The lowest BCUT2D eigenvalue weighted by molar-refractivity contribution is -0.139. The molecule has 0 aliphatic carbocycles. The summed E-state index contributed by atoms with van der Waals surface area (Å²) in [5.41, 5.74) is 3.57. The van der Waals surface area contributed by atoms with Crippen molar-refractivity contribution in [3.05, 3.63) is 34.9 Å². The first kappa shape index (κ1) is 24.2. The Kier molecular flexibility index (Phi) is 7.85. The van der Waals surface area contributed by atoms with Crippen LogP contribution in [0.1, 0.15) is 75.0 Å². The highest BCUT2D eigenvalue weighted by molar-refractivity contribution is 5.89. The average Bonchev–Trinajstić information content (AvgIpc) is 3.45. The van der Waals surface area contributed by atoms with E-state index < -0.39 is 24.3 Å². The minimum atomic E-state index is -0.661. The van der Waals surface area contributed by atoms with Gasteiger partial charge in [0.1, 0.15) is 18.4 Å². The molecule has 1 aromatic rings. The van der Waals surface area contributed by atoms with Crippen molar-refractivity contribution in [2.45, 2.75) is 96.0 Å². The molecule has 4 bridgehead atoms. The maximum absolute atomic E-state index is 13.3. The summed E-state index contributed by atoms with van der Waals surface area (Å²) < 4.78 is 5.76. The van der Waals surface area contributed by atoms with Crippen LogP contribution in [0.3, 0.4) is 0 Å². The van der Waals surface area contributed by atoms with E-state index in [4.69, 9.17) is 4.74 Å². The topological polar surface area (TPSA) is 96.0 Å². The average molecular weight is 470 g/mol. The zero-order valence-electron chi connectivity index (χ0n) is 20.0. The molecule has 0 aromatic heterocycles. The molecule has 8 heteroatoms. The molecule has 3 aliphatic rings. The van der Waals surface area contributed by atoms with Gasteiger partial charge >= 0.3 is 6.09 Å². The van der Waals surface area contributed by atoms with Crippen molar-refractivity contribution in [1.82, 2.24) is 15.1 Å². The van der Waals surface area contributed by atoms with E-state index in [2.05, 4.69) is 11.4 Å². The monoisotopic (exact) mass is 469 g/mol. The van der Waals surface area contributed by atoms with Crippen LogP contribution >= 0.6 is 0 Å². The van der Waals surface area contributed by atoms with Crippen molar-refractivity contribution >= 4 is 24.2 Å². The molecule has 0 spiro atoms. The maximum Gasteiger partial charge on any atom is 0.410 e. The van der Waals surface area contributed by atoms with E-state index in [1.807, 2.05) is 19.1 Å². The number of carbonyl (C=O) groups is 4. The van der Waals surface area contributed by atoms with E-state index in [0.717, 1.165) is 50.4 Å². The predicted molar refractivity (Wildman–Crippen MR) is 126 cm³/mol. The molecule has 1 N–H and O–H groups in total. The van der Waals surface area contributed by atoms with E-state index in [1.54, 1.807) is 4.90 Å². The zero-order chi connectivity index (χ0) is 24.1. The molecule has 3 heterocycles. The summed E-state index contributed by atoms with van der Waals surface area (Å²) in [4.78, 5) is 53.8. The van der Waals surface area contributed by atoms with Gasteiger partial charge in [0, 0.05) is 25.9 Å². The van der Waals surface area contributed by atoms with Crippen molar-refractivity contribution in [3.8, 4) is 0 Å². The fourth-order valence-corrected chi connectivity index (χ4v) is 5.28. The van der Waals surface area contributed by atoms with Gasteiger partial charge in [0.2, 0.25) is 11.8 Å². The van der Waals surface area contributed by atoms with Gasteiger partial charge in [-0.1, -0.05) is 44.4 Å². The standard InChI is InChI=1S/C26H35N3O5/c1-2-3-11-23-25(32)29-15-21(13-20(29)17-30)34-26(33)28-14-19-10-7-9-18(22(19)16-28)8-5-4-6-12-24(31)27-23/h7,9-10,17,20-21,23H,2-6,8,11-16H2,1H3,(H,27,31)/t20-,21+,23-/m0/s1. The molecular weight excluding hydrogens is 434 g/mol. The molecule has 0 unspecified atom stereocenters. The number of ether oxygens (including phenoxy) is 1. The quantitative estimate of drug-likeness (QED) is 0.684. The molecule has 3 amide bonds. The summed E-state index contributed by atoms with van der Waals surface area (Å²) in [6.45, 7) is 3.22. The Morgan fingerprint density at radius 1 is 1.09 bits per heavy atom. The second-order valence-corrected chi connectivity index (χ2v) is 9.67. The number of unbranched alkanes of at least 4 members (excludes halogenated alkanes) is 1. The minimum absolute atomic E-state index is 0.128. The summed E-state index contributed by atoms with van der Waals surface area (Å²) >= 11 is 0. The van der Waals surface area contributed by atoms with Crippen LogP contribution < -0.4 is 5.32 Å². The Balaban J connectivity index is 1.54. The Morgan fingerprint density at radius 3 is 2.68 bits per heavy atom. The number of benzene rings is 1. The second kappa shape index (κ2) is 11.0. The minimum Gasteiger partial charge on any atom is -0.444 e. The Morgan fingerprint density at radius 2 is 1.88 bits per heavy atom. The van der Waals surface area contributed by atoms with Crippen LogP contribution in [-0.2, 0) is 38.6 Å². The number of hydrogen-bond acceptors (Lipinski definition) is 5. The van der Waals surface area contributed by atoms with E-state index in [0.29, 0.717) is 25.9 Å². The molecule has 1 saturated heterocycles. The second-order valence-electron chi connectivity index (χ2n) is 9.67. The third kappa shape index (κ3) is 5.42. The lowest BCUT2D eigenvalue weighted by atomic mass is 9.98. The predicted octanol–water partition coefficient (Wildman–Crippen LogP) is 3.10. The van der Waals surface area contributed by atoms with Crippen molar-refractivity contribution in [3.63, 3.8) is 0 Å². The van der Waals surface area contributed by atoms with Gasteiger partial charge in [-0.15, -0.1) is 0 Å². The molecule has 184 valence electrons. The summed E-state index contributed by atoms with van der Waals surface area (Å²) in [5.74, 6) is -0.395.